The number of amides is 1. The molecule has 0 aliphatic heterocycles. The number of ether oxygens (including phenoxy) is 2. The van der Waals surface area contributed by atoms with Crippen LogP contribution in [0.15, 0.2) is 41.3 Å². The summed E-state index contributed by atoms with van der Waals surface area (Å²) in [6.07, 6.45) is 0. The van der Waals surface area contributed by atoms with Crippen LogP contribution in [0.1, 0.15) is 11.1 Å². The second-order valence-corrected chi connectivity index (χ2v) is 7.40. The maximum atomic E-state index is 12.5. The Hall–Kier alpha value is -2.58. The number of aryl methyl sites for hydroxylation is 2. The smallest absolute Gasteiger partial charge is 0.241 e. The van der Waals surface area contributed by atoms with Crippen LogP contribution in [0.25, 0.3) is 0 Å². The Morgan fingerprint density at radius 3 is 2.31 bits per heavy atom. The average molecular weight is 378 g/mol. The highest BCUT2D eigenvalue weighted by atomic mass is 32.2. The Morgan fingerprint density at radius 2 is 1.65 bits per heavy atom. The molecule has 0 radical (unpaired) electrons. The minimum Gasteiger partial charge on any atom is -0.496 e. The van der Waals surface area contributed by atoms with Gasteiger partial charge in [0.1, 0.15) is 11.5 Å². The number of anilines is 1. The largest absolute Gasteiger partial charge is 0.496 e. The zero-order chi connectivity index (χ0) is 19.3. The van der Waals surface area contributed by atoms with Crippen LogP contribution < -0.4 is 19.5 Å². The Labute approximate surface area is 153 Å². The van der Waals surface area contributed by atoms with Crippen molar-refractivity contribution < 1.29 is 22.7 Å². The second kappa shape index (κ2) is 8.20. The lowest BCUT2D eigenvalue weighted by Crippen LogP contribution is -2.33. The number of hydrogen-bond acceptors (Lipinski definition) is 5. The van der Waals surface area contributed by atoms with Crippen molar-refractivity contribution in [1.29, 1.82) is 0 Å². The summed E-state index contributed by atoms with van der Waals surface area (Å²) in [6, 6.07) is 10.1. The summed E-state index contributed by atoms with van der Waals surface area (Å²) in [5.74, 6) is 0.599. The third-order valence-electron chi connectivity index (χ3n) is 3.79. The van der Waals surface area contributed by atoms with E-state index in [9.17, 15) is 13.2 Å². The van der Waals surface area contributed by atoms with Crippen LogP contribution in [-0.4, -0.2) is 35.1 Å². The molecule has 0 unspecified atom stereocenters. The average Bonchev–Trinajstić information content (AvgIpc) is 2.62. The van der Waals surface area contributed by atoms with Gasteiger partial charge in [-0.05, 0) is 49.2 Å². The second-order valence-electron chi connectivity index (χ2n) is 5.66. The van der Waals surface area contributed by atoms with E-state index in [1.54, 1.807) is 44.2 Å². The topological polar surface area (TPSA) is 93.7 Å². The van der Waals surface area contributed by atoms with Crippen molar-refractivity contribution >= 4 is 21.6 Å². The molecule has 1 amide bonds. The van der Waals surface area contributed by atoms with Crippen LogP contribution in [0.4, 0.5) is 5.69 Å². The third kappa shape index (κ3) is 4.53. The van der Waals surface area contributed by atoms with Gasteiger partial charge >= 0.3 is 0 Å². The van der Waals surface area contributed by atoms with E-state index in [1.807, 2.05) is 0 Å². The molecule has 26 heavy (non-hydrogen) atoms. The summed E-state index contributed by atoms with van der Waals surface area (Å²) in [5, 5.41) is 2.62. The molecule has 0 aliphatic carbocycles. The summed E-state index contributed by atoms with van der Waals surface area (Å²) in [6.45, 7) is 3.03. The first kappa shape index (κ1) is 19.7. The van der Waals surface area contributed by atoms with Gasteiger partial charge in [-0.3, -0.25) is 4.79 Å². The van der Waals surface area contributed by atoms with Gasteiger partial charge in [0.2, 0.25) is 15.9 Å². The molecule has 140 valence electrons. The fraction of sp³-hybridized carbons (Fsp3) is 0.278. The molecular formula is C18H22N2O5S. The molecular weight excluding hydrogens is 356 g/mol. The predicted octanol–water partition coefficient (Wildman–Crippen LogP) is 2.24. The number of methoxy groups -OCH3 is 2. The van der Waals surface area contributed by atoms with Gasteiger partial charge in [-0.15, -0.1) is 0 Å². The fourth-order valence-electron chi connectivity index (χ4n) is 2.45. The van der Waals surface area contributed by atoms with E-state index in [1.165, 1.54) is 20.3 Å². The predicted molar refractivity (Wildman–Crippen MR) is 99.3 cm³/mol. The normalized spacial score (nSPS) is 11.1. The van der Waals surface area contributed by atoms with Crippen molar-refractivity contribution in [3.8, 4) is 11.5 Å². The van der Waals surface area contributed by atoms with Crippen molar-refractivity contribution in [2.75, 3.05) is 26.1 Å². The maximum absolute atomic E-state index is 12.5. The minimum atomic E-state index is -3.84. The lowest BCUT2D eigenvalue weighted by Gasteiger charge is -2.13. The molecule has 2 aromatic carbocycles. The van der Waals surface area contributed by atoms with Gasteiger partial charge in [-0.1, -0.05) is 12.1 Å². The summed E-state index contributed by atoms with van der Waals surface area (Å²) in [5.41, 5.74) is 1.69. The number of carbonyl (C=O) groups excluding carboxylic acids is 1. The molecule has 2 N–H and O–H groups in total. The number of benzene rings is 2. The molecule has 2 aromatic rings. The Kier molecular flexibility index (Phi) is 6.23. The molecule has 2 rings (SSSR count). The monoisotopic (exact) mass is 378 g/mol. The molecule has 0 spiro atoms. The fourth-order valence-corrected chi connectivity index (χ4v) is 3.74. The maximum Gasteiger partial charge on any atom is 0.241 e. The number of nitrogens with one attached hydrogen (secondary N) is 2. The molecule has 0 saturated carbocycles. The van der Waals surface area contributed by atoms with E-state index in [0.29, 0.717) is 28.3 Å². The summed E-state index contributed by atoms with van der Waals surface area (Å²) in [7, 11) is -0.826. The highest BCUT2D eigenvalue weighted by molar-refractivity contribution is 7.89. The van der Waals surface area contributed by atoms with Crippen LogP contribution in [0.3, 0.4) is 0 Å². The molecule has 0 atom stereocenters. The summed E-state index contributed by atoms with van der Waals surface area (Å²) in [4.78, 5) is 12.2. The van der Waals surface area contributed by atoms with Gasteiger partial charge in [-0.2, -0.15) is 0 Å². The standard InChI is InChI=1S/C18H22N2O5S/c1-12-10-17(13(2)9-16(12)25-4)26(22,23)19-11-18(21)20-14-7-5-6-8-15(14)24-3/h5-10,19H,11H2,1-4H3,(H,20,21). The number of para-hydroxylation sites is 2. The molecule has 0 aliphatic rings. The molecule has 0 saturated heterocycles. The van der Waals surface area contributed by atoms with E-state index in [2.05, 4.69) is 10.0 Å². The highest BCUT2D eigenvalue weighted by Crippen LogP contribution is 2.25. The number of rotatable bonds is 7. The van der Waals surface area contributed by atoms with Crippen molar-refractivity contribution in [3.63, 3.8) is 0 Å². The molecule has 7 nitrogen and oxygen atoms in total. The first-order valence-electron chi connectivity index (χ1n) is 7.86. The van der Waals surface area contributed by atoms with Gasteiger partial charge in [-0.25, -0.2) is 13.1 Å². The summed E-state index contributed by atoms with van der Waals surface area (Å²) >= 11 is 0. The minimum absolute atomic E-state index is 0.112. The number of carbonyl (C=O) groups is 1. The van der Waals surface area contributed by atoms with Crippen LogP contribution >= 0.6 is 0 Å². The van der Waals surface area contributed by atoms with Crippen LogP contribution in [0.5, 0.6) is 11.5 Å². The van der Waals surface area contributed by atoms with Gasteiger partial charge in [0.15, 0.2) is 0 Å². The van der Waals surface area contributed by atoms with E-state index in [0.717, 1.165) is 0 Å². The van der Waals surface area contributed by atoms with Crippen LogP contribution in [-0.2, 0) is 14.8 Å². The molecule has 8 heteroatoms. The Bertz CT molecular complexity index is 910. The van der Waals surface area contributed by atoms with Gasteiger partial charge in [0.05, 0.1) is 31.3 Å². The lowest BCUT2D eigenvalue weighted by atomic mass is 10.1. The summed E-state index contributed by atoms with van der Waals surface area (Å²) < 4.78 is 37.7. The third-order valence-corrected chi connectivity index (χ3v) is 5.33. The SMILES string of the molecule is COc1cc(C)c(S(=O)(=O)NCC(=O)Nc2ccccc2OC)cc1C. The Morgan fingerprint density at radius 1 is 1.00 bits per heavy atom. The van der Waals surface area contributed by atoms with E-state index >= 15 is 0 Å². The molecule has 0 heterocycles. The van der Waals surface area contributed by atoms with Crippen molar-refractivity contribution in [2.24, 2.45) is 0 Å². The quantitative estimate of drug-likeness (QED) is 0.771. The highest BCUT2D eigenvalue weighted by Gasteiger charge is 2.20. The van der Waals surface area contributed by atoms with Crippen LogP contribution in [0, 0.1) is 13.8 Å². The van der Waals surface area contributed by atoms with E-state index in [4.69, 9.17) is 9.47 Å². The van der Waals surface area contributed by atoms with Crippen molar-refractivity contribution in [1.82, 2.24) is 4.72 Å². The lowest BCUT2D eigenvalue weighted by molar-refractivity contribution is -0.115. The van der Waals surface area contributed by atoms with E-state index < -0.39 is 22.5 Å². The molecule has 0 fully saturated rings. The number of hydrogen-bond donors (Lipinski definition) is 2. The number of sulfonamides is 1. The molecule has 0 bridgehead atoms. The first-order chi connectivity index (χ1) is 12.3. The molecule has 0 aromatic heterocycles. The zero-order valence-electron chi connectivity index (χ0n) is 15.1. The van der Waals surface area contributed by atoms with Crippen molar-refractivity contribution in [2.45, 2.75) is 18.7 Å². The zero-order valence-corrected chi connectivity index (χ0v) is 15.9. The van der Waals surface area contributed by atoms with E-state index in [-0.39, 0.29) is 4.90 Å². The van der Waals surface area contributed by atoms with Gasteiger partial charge in [0.25, 0.3) is 0 Å². The van der Waals surface area contributed by atoms with Crippen LogP contribution in [0.2, 0.25) is 0 Å². The Balaban J connectivity index is 2.11. The first-order valence-corrected chi connectivity index (χ1v) is 9.34. The van der Waals surface area contributed by atoms with Gasteiger partial charge in [0, 0.05) is 0 Å². The van der Waals surface area contributed by atoms with Crippen molar-refractivity contribution in [3.05, 3.63) is 47.5 Å². The van der Waals surface area contributed by atoms with Gasteiger partial charge < -0.3 is 14.8 Å².